The highest BCUT2D eigenvalue weighted by molar-refractivity contribution is 7.20. The number of hydrogen-bond donors (Lipinski definition) is 2. The van der Waals surface area contributed by atoms with Gasteiger partial charge in [0, 0.05) is 20.0 Å². The van der Waals surface area contributed by atoms with Crippen molar-refractivity contribution in [3.63, 3.8) is 0 Å². The SMILES string of the molecule is CCOC(=O)c1sc2ncnc(NCCNC(C)=O)c2c1C. The molecule has 0 unspecified atom stereocenters. The number of amides is 1. The Hall–Kier alpha value is -2.22. The van der Waals surface area contributed by atoms with Crippen molar-refractivity contribution in [2.75, 3.05) is 25.0 Å². The fourth-order valence-electron chi connectivity index (χ4n) is 2.02. The highest BCUT2D eigenvalue weighted by Gasteiger charge is 2.19. The second kappa shape index (κ2) is 7.17. The normalized spacial score (nSPS) is 10.5. The summed E-state index contributed by atoms with van der Waals surface area (Å²) in [6, 6.07) is 0. The summed E-state index contributed by atoms with van der Waals surface area (Å²) in [4.78, 5) is 32.5. The third-order valence-electron chi connectivity index (χ3n) is 2.98. The molecule has 0 saturated heterocycles. The minimum absolute atomic E-state index is 0.0778. The molecular weight excluding hydrogens is 304 g/mol. The molecule has 0 fully saturated rings. The molecule has 0 radical (unpaired) electrons. The smallest absolute Gasteiger partial charge is 0.348 e. The summed E-state index contributed by atoms with van der Waals surface area (Å²) in [5, 5.41) is 6.68. The maximum atomic E-state index is 12.0. The topological polar surface area (TPSA) is 93.2 Å². The molecule has 118 valence electrons. The van der Waals surface area contributed by atoms with Gasteiger partial charge in [-0.05, 0) is 19.4 Å². The number of carbonyl (C=O) groups excluding carboxylic acids is 2. The van der Waals surface area contributed by atoms with Crippen LogP contribution in [0.4, 0.5) is 5.82 Å². The number of anilines is 1. The van der Waals surface area contributed by atoms with Crippen molar-refractivity contribution in [1.82, 2.24) is 15.3 Å². The van der Waals surface area contributed by atoms with Crippen molar-refractivity contribution in [1.29, 1.82) is 0 Å². The van der Waals surface area contributed by atoms with Crippen LogP contribution in [0.5, 0.6) is 0 Å². The highest BCUT2D eigenvalue weighted by Crippen LogP contribution is 2.33. The van der Waals surface area contributed by atoms with E-state index in [0.29, 0.717) is 30.4 Å². The number of fused-ring (bicyclic) bond motifs is 1. The summed E-state index contributed by atoms with van der Waals surface area (Å²) < 4.78 is 5.06. The Morgan fingerprint density at radius 1 is 1.32 bits per heavy atom. The maximum Gasteiger partial charge on any atom is 0.348 e. The predicted molar refractivity (Wildman–Crippen MR) is 85.3 cm³/mol. The van der Waals surface area contributed by atoms with Gasteiger partial charge in [0.1, 0.15) is 21.9 Å². The first kappa shape index (κ1) is 16.2. The van der Waals surface area contributed by atoms with E-state index >= 15 is 0 Å². The Kier molecular flexibility index (Phi) is 5.26. The van der Waals surface area contributed by atoms with E-state index in [0.717, 1.165) is 15.8 Å². The average molecular weight is 322 g/mol. The van der Waals surface area contributed by atoms with Gasteiger partial charge in [-0.25, -0.2) is 14.8 Å². The van der Waals surface area contributed by atoms with E-state index in [1.807, 2.05) is 6.92 Å². The van der Waals surface area contributed by atoms with Gasteiger partial charge >= 0.3 is 5.97 Å². The lowest BCUT2D eigenvalue weighted by atomic mass is 10.2. The predicted octanol–water partition coefficient (Wildman–Crippen LogP) is 1.72. The van der Waals surface area contributed by atoms with Gasteiger partial charge < -0.3 is 15.4 Å². The van der Waals surface area contributed by atoms with Crippen molar-refractivity contribution in [3.8, 4) is 0 Å². The number of esters is 1. The molecule has 2 rings (SSSR count). The van der Waals surface area contributed by atoms with Crippen LogP contribution in [-0.4, -0.2) is 41.5 Å². The molecule has 0 bridgehead atoms. The summed E-state index contributed by atoms with van der Waals surface area (Å²) in [5.74, 6) is 0.234. The van der Waals surface area contributed by atoms with Gasteiger partial charge in [-0.3, -0.25) is 4.79 Å². The van der Waals surface area contributed by atoms with Crippen LogP contribution < -0.4 is 10.6 Å². The number of hydrogen-bond acceptors (Lipinski definition) is 7. The van der Waals surface area contributed by atoms with Crippen LogP contribution in [-0.2, 0) is 9.53 Å². The van der Waals surface area contributed by atoms with Crippen molar-refractivity contribution in [2.24, 2.45) is 0 Å². The molecule has 0 aliphatic rings. The first-order valence-corrected chi connectivity index (χ1v) is 7.75. The van der Waals surface area contributed by atoms with E-state index < -0.39 is 0 Å². The summed E-state index contributed by atoms with van der Waals surface area (Å²) in [6.45, 7) is 6.46. The summed E-state index contributed by atoms with van der Waals surface area (Å²) in [7, 11) is 0. The molecule has 0 atom stereocenters. The molecule has 2 N–H and O–H groups in total. The molecule has 7 nitrogen and oxygen atoms in total. The second-order valence-corrected chi connectivity index (χ2v) is 5.59. The van der Waals surface area contributed by atoms with Gasteiger partial charge in [-0.15, -0.1) is 11.3 Å². The van der Waals surface area contributed by atoms with Crippen molar-refractivity contribution in [2.45, 2.75) is 20.8 Å². The molecular formula is C14H18N4O3S. The molecule has 2 aromatic rings. The van der Waals surface area contributed by atoms with Crippen molar-refractivity contribution >= 4 is 39.2 Å². The lowest BCUT2D eigenvalue weighted by Gasteiger charge is -2.07. The number of rotatable bonds is 6. The summed E-state index contributed by atoms with van der Waals surface area (Å²) in [6.07, 6.45) is 1.45. The fraction of sp³-hybridized carbons (Fsp3) is 0.429. The van der Waals surface area contributed by atoms with Crippen LogP contribution in [0.1, 0.15) is 29.1 Å². The lowest BCUT2D eigenvalue weighted by molar-refractivity contribution is -0.118. The molecule has 2 aromatic heterocycles. The van der Waals surface area contributed by atoms with E-state index in [4.69, 9.17) is 4.74 Å². The Balaban J connectivity index is 2.24. The van der Waals surface area contributed by atoms with Crippen LogP contribution in [0, 0.1) is 6.92 Å². The fourth-order valence-corrected chi connectivity index (χ4v) is 3.06. The summed E-state index contributed by atoms with van der Waals surface area (Å²) >= 11 is 1.29. The monoisotopic (exact) mass is 322 g/mol. The maximum absolute atomic E-state index is 12.0. The zero-order valence-corrected chi connectivity index (χ0v) is 13.5. The average Bonchev–Trinajstić information content (AvgIpc) is 2.82. The van der Waals surface area contributed by atoms with E-state index in [2.05, 4.69) is 20.6 Å². The van der Waals surface area contributed by atoms with Gasteiger partial charge in [-0.1, -0.05) is 0 Å². The van der Waals surface area contributed by atoms with Crippen molar-refractivity contribution in [3.05, 3.63) is 16.8 Å². The van der Waals surface area contributed by atoms with Crippen LogP contribution in [0.25, 0.3) is 10.2 Å². The number of thiophene rings is 1. The Morgan fingerprint density at radius 2 is 2.09 bits per heavy atom. The zero-order valence-electron chi connectivity index (χ0n) is 12.7. The molecule has 1 amide bonds. The first-order chi connectivity index (χ1) is 10.5. The van der Waals surface area contributed by atoms with Gasteiger partial charge in [0.15, 0.2) is 0 Å². The van der Waals surface area contributed by atoms with E-state index in [-0.39, 0.29) is 11.9 Å². The van der Waals surface area contributed by atoms with E-state index in [1.54, 1.807) is 6.92 Å². The Bertz CT molecular complexity index is 699. The lowest BCUT2D eigenvalue weighted by Crippen LogP contribution is -2.26. The Labute approximate surface area is 132 Å². The minimum Gasteiger partial charge on any atom is -0.462 e. The van der Waals surface area contributed by atoms with Gasteiger partial charge in [0.2, 0.25) is 5.91 Å². The quantitative estimate of drug-likeness (QED) is 0.621. The van der Waals surface area contributed by atoms with E-state index in [1.165, 1.54) is 24.6 Å². The van der Waals surface area contributed by atoms with Gasteiger partial charge in [0.05, 0.1) is 12.0 Å². The molecule has 22 heavy (non-hydrogen) atoms. The number of carbonyl (C=O) groups is 2. The van der Waals surface area contributed by atoms with Gasteiger partial charge in [-0.2, -0.15) is 0 Å². The molecule has 0 aliphatic carbocycles. The largest absolute Gasteiger partial charge is 0.462 e. The van der Waals surface area contributed by atoms with Crippen LogP contribution in [0.3, 0.4) is 0 Å². The Morgan fingerprint density at radius 3 is 2.77 bits per heavy atom. The number of nitrogens with zero attached hydrogens (tertiary/aromatic N) is 2. The van der Waals surface area contributed by atoms with Crippen LogP contribution in [0.15, 0.2) is 6.33 Å². The van der Waals surface area contributed by atoms with Crippen molar-refractivity contribution < 1.29 is 14.3 Å². The molecule has 2 heterocycles. The molecule has 0 aliphatic heterocycles. The first-order valence-electron chi connectivity index (χ1n) is 6.94. The second-order valence-electron chi connectivity index (χ2n) is 4.59. The number of aromatic nitrogens is 2. The molecule has 0 saturated carbocycles. The number of ether oxygens (including phenoxy) is 1. The van der Waals surface area contributed by atoms with Crippen LogP contribution >= 0.6 is 11.3 Å². The third-order valence-corrected chi connectivity index (χ3v) is 4.16. The zero-order chi connectivity index (χ0) is 16.1. The third kappa shape index (κ3) is 3.51. The van der Waals surface area contributed by atoms with Crippen LogP contribution in [0.2, 0.25) is 0 Å². The number of aryl methyl sites for hydroxylation is 1. The number of nitrogens with one attached hydrogen (secondary N) is 2. The highest BCUT2D eigenvalue weighted by atomic mass is 32.1. The molecule has 8 heteroatoms. The van der Waals surface area contributed by atoms with Gasteiger partial charge in [0.25, 0.3) is 0 Å². The summed E-state index contributed by atoms with van der Waals surface area (Å²) in [5.41, 5.74) is 0.807. The molecule has 0 aromatic carbocycles. The molecule has 0 spiro atoms. The standard InChI is InChI=1S/C14H18N4O3S/c1-4-21-14(20)11-8(2)10-12(16-6-5-15-9(3)19)17-7-18-13(10)22-11/h7H,4-6H2,1-3H3,(H,15,19)(H,16,17,18). The minimum atomic E-state index is -0.341. The van der Waals surface area contributed by atoms with E-state index in [9.17, 15) is 9.59 Å².